The lowest BCUT2D eigenvalue weighted by molar-refractivity contribution is 1.17. The summed E-state index contributed by atoms with van der Waals surface area (Å²) in [6.45, 7) is 0. The molecule has 0 aliphatic rings. The van der Waals surface area contributed by atoms with Crippen molar-refractivity contribution in [2.75, 3.05) is 0 Å². The summed E-state index contributed by atoms with van der Waals surface area (Å²) in [7, 11) is -3.66. The summed E-state index contributed by atoms with van der Waals surface area (Å²) in [5, 5.41) is 7.34. The normalized spacial score (nSPS) is 13.6. The van der Waals surface area contributed by atoms with Crippen LogP contribution in [0.2, 0.25) is 0 Å². The van der Waals surface area contributed by atoms with Crippen LogP contribution < -0.4 is 20.7 Å². The zero-order chi connectivity index (χ0) is 58.4. The van der Waals surface area contributed by atoms with Crippen LogP contribution in [0.25, 0.3) is 99.5 Å². The predicted octanol–water partition coefficient (Wildman–Crippen LogP) is 15.9. The molecule has 352 valence electrons. The van der Waals surface area contributed by atoms with Crippen molar-refractivity contribution >= 4 is 72.4 Å². The van der Waals surface area contributed by atoms with Crippen LogP contribution in [-0.4, -0.2) is 17.2 Å². The van der Waals surface area contributed by atoms with E-state index >= 15 is 0 Å². The Labute approximate surface area is 452 Å². The van der Waals surface area contributed by atoms with Crippen LogP contribution in [0.3, 0.4) is 0 Å². The first kappa shape index (κ1) is 34.8. The second-order valence-electron chi connectivity index (χ2n) is 18.9. The van der Waals surface area contributed by atoms with Crippen LogP contribution in [0.5, 0.6) is 0 Å². The number of hydrogen-bond acceptors (Lipinski definition) is 0. The largest absolute Gasteiger partial charge is 0.309 e. The van der Waals surface area contributed by atoms with Gasteiger partial charge in [0, 0.05) is 38.4 Å². The summed E-state index contributed by atoms with van der Waals surface area (Å²) >= 11 is 0. The molecular weight excluding hydrogens is 921 g/mol. The average molecular weight is 981 g/mol. The van der Waals surface area contributed by atoms with E-state index in [0.29, 0.717) is 16.2 Å². The molecule has 14 aromatic rings. The highest BCUT2D eigenvalue weighted by atomic mass is 28.3. The third-order valence-corrected chi connectivity index (χ3v) is 19.6. The summed E-state index contributed by atoms with van der Waals surface area (Å²) < 4.78 is 98.7. The second-order valence-corrected chi connectivity index (χ2v) is 22.7. The van der Waals surface area contributed by atoms with Gasteiger partial charge in [0.2, 0.25) is 0 Å². The number of benzene rings is 12. The first-order valence-electron chi connectivity index (χ1n) is 30.1. The Morgan fingerprint density at radius 1 is 0.267 bits per heavy atom. The van der Waals surface area contributed by atoms with E-state index < -0.39 is 68.5 Å². The lowest BCUT2D eigenvalue weighted by Gasteiger charge is -2.36. The second kappa shape index (κ2) is 18.5. The van der Waals surface area contributed by atoms with E-state index in [1.165, 1.54) is 0 Å². The van der Waals surface area contributed by atoms with Crippen LogP contribution in [0.15, 0.2) is 303 Å². The SMILES string of the molecule is [2H]c1c([2H])c([2H])c(-c2cc([Si](c3ccccc3)(c3ccccc3)c3ccccc3)cc(-c3c([2H])c([2H])c([2H])c([2H])c3[2H])c2-n2c3ccc(-c4ccccc4)cc3c3cc(-n4c5ccccc5c5cc(-c6ccccc6)ccc54)ccc32)c([2H])c1[2H]. The fourth-order valence-electron chi connectivity index (χ4n) is 11.6. The smallest absolute Gasteiger partial charge is 0.179 e. The van der Waals surface area contributed by atoms with Crippen LogP contribution in [-0.2, 0) is 0 Å². The van der Waals surface area contributed by atoms with Crippen molar-refractivity contribution in [3.8, 4) is 55.9 Å². The van der Waals surface area contributed by atoms with Gasteiger partial charge in [-0.2, -0.15) is 0 Å². The van der Waals surface area contributed by atoms with Crippen LogP contribution >= 0.6 is 0 Å². The Kier molecular flexibility index (Phi) is 8.57. The Bertz CT molecular complexity index is 4750. The molecule has 0 unspecified atom stereocenters. The number of aromatic nitrogens is 2. The van der Waals surface area contributed by atoms with E-state index in [4.69, 9.17) is 2.74 Å². The minimum atomic E-state index is -3.66. The molecule has 0 N–H and O–H groups in total. The molecule has 0 amide bonds. The maximum absolute atomic E-state index is 9.89. The molecule has 75 heavy (non-hydrogen) atoms. The summed E-state index contributed by atoms with van der Waals surface area (Å²) in [5.74, 6) is 0. The highest BCUT2D eigenvalue weighted by Crippen LogP contribution is 2.44. The molecule has 0 bridgehead atoms. The van der Waals surface area contributed by atoms with Gasteiger partial charge in [0.1, 0.15) is 0 Å². The van der Waals surface area contributed by atoms with Crippen molar-refractivity contribution in [2.24, 2.45) is 0 Å². The highest BCUT2D eigenvalue weighted by Gasteiger charge is 2.42. The molecule has 3 heteroatoms. The van der Waals surface area contributed by atoms with Gasteiger partial charge in [-0.05, 0) is 103 Å². The molecule has 0 fully saturated rings. The minimum Gasteiger partial charge on any atom is -0.309 e. The first-order chi connectivity index (χ1) is 41.4. The van der Waals surface area contributed by atoms with Crippen LogP contribution in [0.4, 0.5) is 0 Å². The van der Waals surface area contributed by atoms with Crippen molar-refractivity contribution in [3.63, 3.8) is 0 Å². The number of para-hydroxylation sites is 1. The first-order valence-corrected chi connectivity index (χ1v) is 27.1. The lowest BCUT2D eigenvalue weighted by atomic mass is 9.95. The van der Waals surface area contributed by atoms with Crippen molar-refractivity contribution < 1.29 is 13.7 Å². The molecule has 0 atom stereocenters. The summed E-state index contributed by atoms with van der Waals surface area (Å²) in [4.78, 5) is 0. The van der Waals surface area contributed by atoms with E-state index in [9.17, 15) is 11.0 Å². The maximum atomic E-state index is 9.89. The number of rotatable bonds is 10. The maximum Gasteiger partial charge on any atom is 0.179 e. The zero-order valence-corrected chi connectivity index (χ0v) is 41.5. The van der Waals surface area contributed by atoms with Gasteiger partial charge >= 0.3 is 0 Å². The monoisotopic (exact) mass is 980 g/mol. The van der Waals surface area contributed by atoms with Gasteiger partial charge < -0.3 is 9.13 Å². The number of hydrogen-bond donors (Lipinski definition) is 0. The molecule has 0 aliphatic carbocycles. The molecule has 12 aromatic carbocycles. The topological polar surface area (TPSA) is 9.86 Å². The molecule has 0 spiro atoms. The van der Waals surface area contributed by atoms with E-state index in [-0.39, 0.29) is 27.9 Å². The van der Waals surface area contributed by atoms with Gasteiger partial charge in [-0.1, -0.05) is 255 Å². The van der Waals surface area contributed by atoms with Gasteiger partial charge in [-0.3, -0.25) is 0 Å². The molecule has 0 saturated heterocycles. The highest BCUT2D eigenvalue weighted by molar-refractivity contribution is 7.20. The van der Waals surface area contributed by atoms with Gasteiger partial charge in [-0.15, -0.1) is 0 Å². The predicted molar refractivity (Wildman–Crippen MR) is 320 cm³/mol. The molecule has 2 aromatic heterocycles. The standard InChI is InChI=1S/C72H50N2Si/c1-8-24-51(25-9-1)55-40-43-69-65(46-55)62-38-22-23-39-68(62)73(69)57-42-45-71-67(48-57)66-47-56(52-26-10-2-11-27-52)41-44-70(66)74(71)72-63(53-28-12-3-13-29-53)49-61(50-64(72)54-30-14-4-15-31-54)75(58-32-16-5-17-33-58,59-34-18-6-19-35-59)60-36-20-7-21-37-60/h1-50H/i3D,4D,12D,13D,14D,15D,28D,29D,30D,31D. The van der Waals surface area contributed by atoms with Crippen LogP contribution in [0.1, 0.15) is 13.7 Å². The third kappa shape index (κ3) is 7.39. The molecule has 2 nitrogen and oxygen atoms in total. The van der Waals surface area contributed by atoms with Gasteiger partial charge in [-0.25, -0.2) is 0 Å². The van der Waals surface area contributed by atoms with Crippen molar-refractivity contribution in [2.45, 2.75) is 0 Å². The lowest BCUT2D eigenvalue weighted by Crippen LogP contribution is -2.74. The quantitative estimate of drug-likeness (QED) is 0.0955. The van der Waals surface area contributed by atoms with E-state index in [1.807, 2.05) is 132 Å². The Morgan fingerprint density at radius 2 is 0.653 bits per heavy atom. The molecule has 14 rings (SSSR count). The van der Waals surface area contributed by atoms with Gasteiger partial charge in [0.15, 0.2) is 8.07 Å². The molecule has 0 aliphatic heterocycles. The third-order valence-electron chi connectivity index (χ3n) is 14.8. The Balaban J connectivity index is 1.18. The van der Waals surface area contributed by atoms with E-state index in [0.717, 1.165) is 76.1 Å². The summed E-state index contributed by atoms with van der Waals surface area (Å²) in [6.07, 6.45) is 0. The van der Waals surface area contributed by atoms with Crippen molar-refractivity contribution in [1.82, 2.24) is 9.13 Å². The van der Waals surface area contributed by atoms with Gasteiger partial charge in [0.05, 0.1) is 41.5 Å². The van der Waals surface area contributed by atoms with Gasteiger partial charge in [0.25, 0.3) is 0 Å². The van der Waals surface area contributed by atoms with Crippen LogP contribution in [0, 0.1) is 0 Å². The van der Waals surface area contributed by atoms with E-state index in [2.05, 4.69) is 120 Å². The molecular formula is C72H50N2Si. The Hall–Kier alpha value is -9.54. The average Bonchev–Trinajstić information content (AvgIpc) is 2.95. The van der Waals surface area contributed by atoms with Crippen molar-refractivity contribution in [1.29, 1.82) is 0 Å². The van der Waals surface area contributed by atoms with Crippen molar-refractivity contribution in [3.05, 3.63) is 303 Å². The number of nitrogens with zero attached hydrogens (tertiary/aromatic N) is 2. The zero-order valence-electron chi connectivity index (χ0n) is 50.5. The Morgan fingerprint density at radius 3 is 1.15 bits per heavy atom. The fourth-order valence-corrected chi connectivity index (χ4v) is 16.4. The summed E-state index contributed by atoms with van der Waals surface area (Å²) in [5.41, 5.74) is 8.76. The fraction of sp³-hybridized carbons (Fsp3) is 0. The minimum absolute atomic E-state index is 0.110. The molecule has 0 saturated carbocycles. The molecule has 0 radical (unpaired) electrons. The molecule has 2 heterocycles. The van der Waals surface area contributed by atoms with E-state index in [1.54, 1.807) is 0 Å². The summed E-state index contributed by atoms with van der Waals surface area (Å²) in [6, 6.07) is 76.9. The number of fused-ring (bicyclic) bond motifs is 6.